The van der Waals surface area contributed by atoms with Gasteiger partial charge in [0.1, 0.15) is 5.75 Å². The summed E-state index contributed by atoms with van der Waals surface area (Å²) in [7, 11) is 0. The molecular formula is C16H17BrN2O. The molecule has 104 valence electrons. The van der Waals surface area contributed by atoms with Gasteiger partial charge in [-0.3, -0.25) is 0 Å². The van der Waals surface area contributed by atoms with Crippen LogP contribution in [0.2, 0.25) is 0 Å². The largest absolute Gasteiger partial charge is 0.439 e. The first-order valence-corrected chi connectivity index (χ1v) is 7.62. The van der Waals surface area contributed by atoms with Crippen LogP contribution in [0.4, 0.5) is 0 Å². The Hall–Kier alpha value is -1.39. The Balaban J connectivity index is 1.64. The first-order chi connectivity index (χ1) is 9.70. The molecule has 4 heteroatoms. The number of nitrogens with zero attached hydrogens (tertiary/aromatic N) is 1. The van der Waals surface area contributed by atoms with Crippen LogP contribution in [0.3, 0.4) is 0 Å². The number of halogens is 1. The summed E-state index contributed by atoms with van der Waals surface area (Å²) in [5, 5.41) is 3.47. The van der Waals surface area contributed by atoms with E-state index in [0.29, 0.717) is 5.88 Å². The average Bonchev–Trinajstić information content (AvgIpc) is 3.25. The summed E-state index contributed by atoms with van der Waals surface area (Å²) in [6, 6.07) is 10.6. The van der Waals surface area contributed by atoms with Gasteiger partial charge in [0, 0.05) is 29.3 Å². The lowest BCUT2D eigenvalue weighted by Crippen LogP contribution is -2.15. The molecule has 1 heterocycles. The Morgan fingerprint density at radius 1 is 1.30 bits per heavy atom. The highest BCUT2D eigenvalue weighted by molar-refractivity contribution is 9.10. The Kier molecular flexibility index (Phi) is 4.03. The molecule has 1 fully saturated rings. The van der Waals surface area contributed by atoms with Crippen LogP contribution >= 0.6 is 15.9 Å². The Morgan fingerprint density at radius 3 is 2.80 bits per heavy atom. The SMILES string of the molecule is Cc1cc(Br)ccc1Oc1ccc(CNC2CC2)cn1. The predicted octanol–water partition coefficient (Wildman–Crippen LogP) is 4.20. The fraction of sp³-hybridized carbons (Fsp3) is 0.312. The van der Waals surface area contributed by atoms with Crippen molar-refractivity contribution >= 4 is 15.9 Å². The fourth-order valence-electron chi connectivity index (χ4n) is 1.97. The van der Waals surface area contributed by atoms with Gasteiger partial charge < -0.3 is 10.1 Å². The number of aromatic nitrogens is 1. The quantitative estimate of drug-likeness (QED) is 0.891. The minimum atomic E-state index is 0.630. The van der Waals surface area contributed by atoms with Gasteiger partial charge in [0.15, 0.2) is 0 Å². The number of ether oxygens (including phenoxy) is 1. The van der Waals surface area contributed by atoms with E-state index in [-0.39, 0.29) is 0 Å². The molecule has 2 aromatic rings. The first kappa shape index (κ1) is 13.6. The second kappa shape index (κ2) is 5.94. The highest BCUT2D eigenvalue weighted by atomic mass is 79.9. The summed E-state index contributed by atoms with van der Waals surface area (Å²) < 4.78 is 6.86. The minimum Gasteiger partial charge on any atom is -0.439 e. The van der Waals surface area contributed by atoms with E-state index in [9.17, 15) is 0 Å². The third-order valence-corrected chi connectivity index (χ3v) is 3.81. The van der Waals surface area contributed by atoms with Gasteiger partial charge in [-0.2, -0.15) is 0 Å². The number of benzene rings is 1. The van der Waals surface area contributed by atoms with Gasteiger partial charge in [-0.15, -0.1) is 0 Å². The zero-order chi connectivity index (χ0) is 13.9. The van der Waals surface area contributed by atoms with E-state index in [1.807, 2.05) is 37.4 Å². The van der Waals surface area contributed by atoms with Crippen LogP contribution in [0.1, 0.15) is 24.0 Å². The van der Waals surface area contributed by atoms with Crippen LogP contribution in [0, 0.1) is 6.92 Å². The number of nitrogens with one attached hydrogen (secondary N) is 1. The summed E-state index contributed by atoms with van der Waals surface area (Å²) in [5.74, 6) is 1.47. The second-order valence-corrected chi connectivity index (χ2v) is 6.09. The summed E-state index contributed by atoms with van der Waals surface area (Å²) in [6.07, 6.45) is 4.48. The van der Waals surface area contributed by atoms with E-state index < -0.39 is 0 Å². The number of aryl methyl sites for hydroxylation is 1. The molecular weight excluding hydrogens is 316 g/mol. The molecule has 1 aliphatic carbocycles. The van der Waals surface area contributed by atoms with Gasteiger partial charge in [0.25, 0.3) is 0 Å². The normalized spacial score (nSPS) is 14.3. The van der Waals surface area contributed by atoms with Crippen molar-refractivity contribution in [1.82, 2.24) is 10.3 Å². The molecule has 1 N–H and O–H groups in total. The minimum absolute atomic E-state index is 0.630. The summed E-state index contributed by atoms with van der Waals surface area (Å²) in [6.45, 7) is 2.91. The average molecular weight is 333 g/mol. The summed E-state index contributed by atoms with van der Waals surface area (Å²) in [4.78, 5) is 4.36. The van der Waals surface area contributed by atoms with Crippen LogP contribution in [0.25, 0.3) is 0 Å². The molecule has 1 aromatic heterocycles. The molecule has 0 atom stereocenters. The molecule has 0 amide bonds. The lowest BCUT2D eigenvalue weighted by atomic mass is 10.2. The highest BCUT2D eigenvalue weighted by Gasteiger charge is 2.19. The van der Waals surface area contributed by atoms with Crippen molar-refractivity contribution in [2.75, 3.05) is 0 Å². The molecule has 0 spiro atoms. The van der Waals surface area contributed by atoms with Crippen LogP contribution in [-0.4, -0.2) is 11.0 Å². The van der Waals surface area contributed by atoms with E-state index in [1.165, 1.54) is 18.4 Å². The van der Waals surface area contributed by atoms with Gasteiger partial charge in [0.2, 0.25) is 5.88 Å². The zero-order valence-corrected chi connectivity index (χ0v) is 13.0. The van der Waals surface area contributed by atoms with Crippen molar-refractivity contribution in [3.05, 3.63) is 52.1 Å². The number of hydrogen-bond acceptors (Lipinski definition) is 3. The predicted molar refractivity (Wildman–Crippen MR) is 83.1 cm³/mol. The Bertz CT molecular complexity index is 594. The number of pyridine rings is 1. The lowest BCUT2D eigenvalue weighted by molar-refractivity contribution is 0.458. The van der Waals surface area contributed by atoms with Crippen LogP contribution < -0.4 is 10.1 Å². The highest BCUT2D eigenvalue weighted by Crippen LogP contribution is 2.26. The Labute approximate surface area is 127 Å². The maximum absolute atomic E-state index is 5.80. The smallest absolute Gasteiger partial charge is 0.219 e. The van der Waals surface area contributed by atoms with Crippen molar-refractivity contribution in [3.8, 4) is 11.6 Å². The van der Waals surface area contributed by atoms with Crippen LogP contribution in [0.15, 0.2) is 41.0 Å². The molecule has 0 radical (unpaired) electrons. The third kappa shape index (κ3) is 3.58. The van der Waals surface area contributed by atoms with Gasteiger partial charge in [0.05, 0.1) is 0 Å². The second-order valence-electron chi connectivity index (χ2n) is 5.17. The van der Waals surface area contributed by atoms with Crippen molar-refractivity contribution in [2.24, 2.45) is 0 Å². The van der Waals surface area contributed by atoms with E-state index in [2.05, 4.69) is 32.3 Å². The van der Waals surface area contributed by atoms with Crippen molar-refractivity contribution in [2.45, 2.75) is 32.4 Å². The standard InChI is InChI=1S/C16H17BrN2O/c1-11-8-13(17)3-6-15(11)20-16-7-2-12(10-19-16)9-18-14-4-5-14/h2-3,6-8,10,14,18H,4-5,9H2,1H3. The molecule has 1 aliphatic rings. The maximum atomic E-state index is 5.80. The van der Waals surface area contributed by atoms with Gasteiger partial charge in [-0.25, -0.2) is 4.98 Å². The molecule has 3 nitrogen and oxygen atoms in total. The molecule has 1 aromatic carbocycles. The summed E-state index contributed by atoms with van der Waals surface area (Å²) >= 11 is 3.45. The molecule has 20 heavy (non-hydrogen) atoms. The van der Waals surface area contributed by atoms with Crippen LogP contribution in [0.5, 0.6) is 11.6 Å². The Morgan fingerprint density at radius 2 is 2.15 bits per heavy atom. The van der Waals surface area contributed by atoms with Gasteiger partial charge in [-0.1, -0.05) is 22.0 Å². The van der Waals surface area contributed by atoms with E-state index in [0.717, 1.165) is 28.4 Å². The first-order valence-electron chi connectivity index (χ1n) is 6.83. The monoisotopic (exact) mass is 332 g/mol. The molecule has 0 bridgehead atoms. The molecule has 0 unspecified atom stereocenters. The molecule has 0 aliphatic heterocycles. The van der Waals surface area contributed by atoms with Crippen LogP contribution in [-0.2, 0) is 6.54 Å². The van der Waals surface area contributed by atoms with Crippen molar-refractivity contribution in [3.63, 3.8) is 0 Å². The van der Waals surface area contributed by atoms with E-state index in [1.54, 1.807) is 0 Å². The van der Waals surface area contributed by atoms with E-state index >= 15 is 0 Å². The van der Waals surface area contributed by atoms with Crippen molar-refractivity contribution < 1.29 is 4.74 Å². The zero-order valence-electron chi connectivity index (χ0n) is 11.4. The molecule has 1 saturated carbocycles. The fourth-order valence-corrected chi connectivity index (χ4v) is 2.44. The molecule has 3 rings (SSSR count). The number of hydrogen-bond donors (Lipinski definition) is 1. The van der Waals surface area contributed by atoms with E-state index in [4.69, 9.17) is 4.74 Å². The topological polar surface area (TPSA) is 34.1 Å². The maximum Gasteiger partial charge on any atom is 0.219 e. The molecule has 0 saturated heterocycles. The summed E-state index contributed by atoms with van der Waals surface area (Å²) in [5.41, 5.74) is 2.28. The van der Waals surface area contributed by atoms with Gasteiger partial charge in [-0.05, 0) is 49.1 Å². The lowest BCUT2D eigenvalue weighted by Gasteiger charge is -2.09. The third-order valence-electron chi connectivity index (χ3n) is 3.32. The van der Waals surface area contributed by atoms with Gasteiger partial charge >= 0.3 is 0 Å². The van der Waals surface area contributed by atoms with Crippen molar-refractivity contribution in [1.29, 1.82) is 0 Å². The number of rotatable bonds is 5.